The molecular weight excluding hydrogens is 402 g/mol. The molecule has 0 aliphatic carbocycles. The summed E-state index contributed by atoms with van der Waals surface area (Å²) >= 11 is 6.10. The van der Waals surface area contributed by atoms with Crippen LogP contribution < -0.4 is 14.8 Å². The Kier molecular flexibility index (Phi) is 5.62. The van der Waals surface area contributed by atoms with Crippen LogP contribution in [0.25, 0.3) is 0 Å². The van der Waals surface area contributed by atoms with Crippen molar-refractivity contribution in [3.05, 3.63) is 53.1 Å². The standard InChI is InChI=1S/C19H20ClN3O4S/c1-11(2)17(19(24)21-12-8-9-15(27-3)14(20)10-12)22-18-13-6-4-5-7-16(13)28(25,26)23-18/h4-11,17H,1-3H3,(H,21,24)(H,22,23)/t17-/m0/s1. The van der Waals surface area contributed by atoms with Crippen LogP contribution in [0.1, 0.15) is 19.4 Å². The Labute approximate surface area is 168 Å². The van der Waals surface area contributed by atoms with Gasteiger partial charge in [0.2, 0.25) is 5.91 Å². The van der Waals surface area contributed by atoms with Crippen LogP contribution in [-0.2, 0) is 14.8 Å². The molecule has 7 nitrogen and oxygen atoms in total. The smallest absolute Gasteiger partial charge is 0.263 e. The van der Waals surface area contributed by atoms with Gasteiger partial charge >= 0.3 is 0 Å². The van der Waals surface area contributed by atoms with Gasteiger partial charge in [0.25, 0.3) is 10.0 Å². The lowest BCUT2D eigenvalue weighted by molar-refractivity contribution is -0.118. The maximum atomic E-state index is 12.8. The maximum absolute atomic E-state index is 12.8. The summed E-state index contributed by atoms with van der Waals surface area (Å²) in [4.78, 5) is 17.4. The molecule has 0 spiro atoms. The summed E-state index contributed by atoms with van der Waals surface area (Å²) in [5.74, 6) is 0.125. The fourth-order valence-corrected chi connectivity index (χ4v) is 4.34. The van der Waals surface area contributed by atoms with E-state index in [1.165, 1.54) is 13.2 Å². The van der Waals surface area contributed by atoms with Gasteiger partial charge in [0.05, 0.1) is 17.0 Å². The average Bonchev–Trinajstić information content (AvgIpc) is 2.90. The van der Waals surface area contributed by atoms with Crippen molar-refractivity contribution >= 4 is 39.1 Å². The minimum Gasteiger partial charge on any atom is -0.495 e. The molecule has 148 valence electrons. The molecule has 0 radical (unpaired) electrons. The Bertz CT molecular complexity index is 1050. The van der Waals surface area contributed by atoms with E-state index in [0.717, 1.165) is 0 Å². The van der Waals surface area contributed by atoms with Crippen molar-refractivity contribution < 1.29 is 17.9 Å². The molecule has 9 heteroatoms. The van der Waals surface area contributed by atoms with Crippen LogP contribution in [0.5, 0.6) is 5.75 Å². The largest absolute Gasteiger partial charge is 0.495 e. The fourth-order valence-electron chi connectivity index (χ4n) is 2.84. The second-order valence-electron chi connectivity index (χ2n) is 6.61. The highest BCUT2D eigenvalue weighted by atomic mass is 35.5. The monoisotopic (exact) mass is 421 g/mol. The van der Waals surface area contributed by atoms with Crippen molar-refractivity contribution in [2.75, 3.05) is 12.4 Å². The second kappa shape index (κ2) is 7.81. The van der Waals surface area contributed by atoms with E-state index in [-0.39, 0.29) is 22.6 Å². The number of carbonyl (C=O) groups is 1. The van der Waals surface area contributed by atoms with Crippen LogP contribution in [0.4, 0.5) is 5.69 Å². The highest BCUT2D eigenvalue weighted by Gasteiger charge is 2.32. The molecule has 2 aromatic carbocycles. The Balaban J connectivity index is 1.89. The van der Waals surface area contributed by atoms with Gasteiger partial charge in [-0.2, -0.15) is 0 Å². The first-order valence-electron chi connectivity index (χ1n) is 8.57. The summed E-state index contributed by atoms with van der Waals surface area (Å²) in [7, 11) is -2.16. The lowest BCUT2D eigenvalue weighted by Crippen LogP contribution is -2.34. The number of nitrogens with one attached hydrogen (secondary N) is 2. The van der Waals surface area contributed by atoms with Crippen LogP contribution in [-0.4, -0.2) is 33.3 Å². The summed E-state index contributed by atoms with van der Waals surface area (Å²) in [6, 6.07) is 10.6. The number of benzene rings is 2. The summed E-state index contributed by atoms with van der Waals surface area (Å²) in [5, 5.41) is 3.14. The van der Waals surface area contributed by atoms with Crippen molar-refractivity contribution in [1.29, 1.82) is 0 Å². The number of halogens is 1. The minimum absolute atomic E-state index is 0.151. The molecule has 3 rings (SSSR count). The summed E-state index contributed by atoms with van der Waals surface area (Å²) in [6.07, 6.45) is 0. The first kappa shape index (κ1) is 20.2. The first-order chi connectivity index (χ1) is 13.2. The number of aliphatic imine (C=N–C) groups is 1. The van der Waals surface area contributed by atoms with E-state index in [9.17, 15) is 13.2 Å². The molecule has 1 atom stereocenters. The van der Waals surface area contributed by atoms with E-state index in [0.29, 0.717) is 22.0 Å². The Morgan fingerprint density at radius 1 is 1.21 bits per heavy atom. The van der Waals surface area contributed by atoms with E-state index in [2.05, 4.69) is 15.0 Å². The lowest BCUT2D eigenvalue weighted by Gasteiger charge is -2.17. The van der Waals surface area contributed by atoms with Crippen molar-refractivity contribution in [3.63, 3.8) is 0 Å². The van der Waals surface area contributed by atoms with Gasteiger partial charge in [0, 0.05) is 11.3 Å². The number of hydrogen-bond acceptors (Lipinski definition) is 5. The molecule has 28 heavy (non-hydrogen) atoms. The molecule has 0 unspecified atom stereocenters. The van der Waals surface area contributed by atoms with Crippen molar-refractivity contribution in [3.8, 4) is 5.75 Å². The van der Waals surface area contributed by atoms with Crippen LogP contribution >= 0.6 is 11.6 Å². The van der Waals surface area contributed by atoms with Crippen LogP contribution in [0.15, 0.2) is 52.4 Å². The molecule has 0 saturated carbocycles. The molecule has 1 aliphatic rings. The average molecular weight is 422 g/mol. The number of rotatable bonds is 5. The number of fused-ring (bicyclic) bond motifs is 1. The number of amides is 1. The number of sulfonamides is 1. The Hall–Kier alpha value is -2.58. The number of amidine groups is 1. The highest BCUT2D eigenvalue weighted by molar-refractivity contribution is 7.90. The van der Waals surface area contributed by atoms with Gasteiger partial charge in [-0.25, -0.2) is 8.42 Å². The normalized spacial score (nSPS) is 17.1. The number of hydrogen-bond donors (Lipinski definition) is 2. The van der Waals surface area contributed by atoms with E-state index in [1.807, 2.05) is 13.8 Å². The third-order valence-electron chi connectivity index (χ3n) is 4.25. The molecular formula is C19H20ClN3O4S. The number of nitrogens with zero attached hydrogens (tertiary/aromatic N) is 1. The van der Waals surface area contributed by atoms with Crippen LogP contribution in [0, 0.1) is 5.92 Å². The highest BCUT2D eigenvalue weighted by Crippen LogP contribution is 2.28. The van der Waals surface area contributed by atoms with Gasteiger partial charge < -0.3 is 10.1 Å². The number of anilines is 1. The quantitative estimate of drug-likeness (QED) is 0.775. The van der Waals surface area contributed by atoms with Gasteiger partial charge in [0.1, 0.15) is 17.6 Å². The van der Waals surface area contributed by atoms with E-state index >= 15 is 0 Å². The zero-order valence-corrected chi connectivity index (χ0v) is 17.1. The van der Waals surface area contributed by atoms with Crippen molar-refractivity contribution in [2.24, 2.45) is 10.9 Å². The van der Waals surface area contributed by atoms with Crippen molar-refractivity contribution in [2.45, 2.75) is 24.8 Å². The van der Waals surface area contributed by atoms with E-state index < -0.39 is 16.1 Å². The van der Waals surface area contributed by atoms with Crippen LogP contribution in [0.2, 0.25) is 5.02 Å². The molecule has 0 aromatic heterocycles. The lowest BCUT2D eigenvalue weighted by atomic mass is 10.0. The molecule has 2 aromatic rings. The van der Waals surface area contributed by atoms with Gasteiger partial charge in [-0.15, -0.1) is 0 Å². The molecule has 0 fully saturated rings. The first-order valence-corrected chi connectivity index (χ1v) is 10.4. The maximum Gasteiger partial charge on any atom is 0.263 e. The predicted octanol–water partition coefficient (Wildman–Crippen LogP) is 3.05. The molecule has 0 bridgehead atoms. The summed E-state index contributed by atoms with van der Waals surface area (Å²) < 4.78 is 32.0. The number of methoxy groups -OCH3 is 1. The van der Waals surface area contributed by atoms with Gasteiger partial charge in [0.15, 0.2) is 0 Å². The van der Waals surface area contributed by atoms with Gasteiger partial charge in [-0.1, -0.05) is 37.6 Å². The Morgan fingerprint density at radius 3 is 2.57 bits per heavy atom. The summed E-state index contributed by atoms with van der Waals surface area (Å²) in [6.45, 7) is 3.68. The second-order valence-corrected chi connectivity index (χ2v) is 8.66. The van der Waals surface area contributed by atoms with E-state index in [1.54, 1.807) is 36.4 Å². The molecule has 2 N–H and O–H groups in total. The minimum atomic E-state index is -3.67. The molecule has 1 amide bonds. The topological polar surface area (TPSA) is 96.9 Å². The third kappa shape index (κ3) is 3.98. The number of carbonyl (C=O) groups excluding carboxylic acids is 1. The van der Waals surface area contributed by atoms with Crippen LogP contribution in [0.3, 0.4) is 0 Å². The fraction of sp³-hybridized carbons (Fsp3) is 0.263. The Morgan fingerprint density at radius 2 is 1.93 bits per heavy atom. The van der Waals surface area contributed by atoms with E-state index in [4.69, 9.17) is 16.3 Å². The molecule has 1 aliphatic heterocycles. The third-order valence-corrected chi connectivity index (χ3v) is 5.94. The summed E-state index contributed by atoms with van der Waals surface area (Å²) in [5.41, 5.74) is 0.947. The zero-order valence-electron chi connectivity index (χ0n) is 15.6. The SMILES string of the molecule is COc1ccc(NC(=O)[C@@H](N=C2NS(=O)(=O)c3ccccc32)C(C)C)cc1Cl. The zero-order chi connectivity index (χ0) is 20.5. The predicted molar refractivity (Wildman–Crippen MR) is 109 cm³/mol. The molecule has 1 heterocycles. The number of ether oxygens (including phenoxy) is 1. The van der Waals surface area contributed by atoms with Gasteiger partial charge in [-0.05, 0) is 36.2 Å². The van der Waals surface area contributed by atoms with Gasteiger partial charge in [-0.3, -0.25) is 14.5 Å². The van der Waals surface area contributed by atoms with Crippen molar-refractivity contribution in [1.82, 2.24) is 4.72 Å². The molecule has 0 saturated heterocycles.